The summed E-state index contributed by atoms with van der Waals surface area (Å²) in [7, 11) is -1.92. The van der Waals surface area contributed by atoms with Gasteiger partial charge in [-0.15, -0.1) is 0 Å². The van der Waals surface area contributed by atoms with Gasteiger partial charge < -0.3 is 4.90 Å². The van der Waals surface area contributed by atoms with Gasteiger partial charge in [-0.2, -0.15) is 5.26 Å². The van der Waals surface area contributed by atoms with Crippen LogP contribution in [0.5, 0.6) is 0 Å². The average molecular weight is 292 g/mol. The molecule has 0 N–H and O–H groups in total. The van der Waals surface area contributed by atoms with Crippen LogP contribution in [0.3, 0.4) is 0 Å². The number of rotatable bonds is 3. The summed E-state index contributed by atoms with van der Waals surface area (Å²) < 4.78 is 23.6. The van der Waals surface area contributed by atoms with E-state index < -0.39 is 14.6 Å². The molecule has 1 rings (SSSR count). The summed E-state index contributed by atoms with van der Waals surface area (Å²) >= 11 is 0. The number of allylic oxidation sites excluding steroid dienone is 1. The fourth-order valence-corrected chi connectivity index (χ4v) is 2.60. The summed E-state index contributed by atoms with van der Waals surface area (Å²) in [6, 6.07) is 9.42. The van der Waals surface area contributed by atoms with E-state index in [1.165, 1.54) is 6.20 Å². The first kappa shape index (κ1) is 16.3. The number of anilines is 1. The SMILES string of the molecule is Cc1ccc(N(C)/C=C(\C#N)S(=O)(=O)C(C)(C)C)cc1. The van der Waals surface area contributed by atoms with Gasteiger partial charge in [-0.1, -0.05) is 17.7 Å². The molecule has 108 valence electrons. The molecule has 0 saturated heterocycles. The first-order valence-electron chi connectivity index (χ1n) is 6.25. The average Bonchev–Trinajstić information content (AvgIpc) is 2.34. The third-order valence-corrected chi connectivity index (χ3v) is 5.35. The molecule has 0 amide bonds. The van der Waals surface area contributed by atoms with E-state index in [1.807, 2.05) is 31.2 Å². The number of nitrogens with zero attached hydrogens (tertiary/aromatic N) is 2. The zero-order chi connectivity index (χ0) is 15.6. The van der Waals surface area contributed by atoms with Crippen molar-refractivity contribution >= 4 is 15.5 Å². The van der Waals surface area contributed by atoms with Crippen molar-refractivity contribution in [1.29, 1.82) is 5.26 Å². The number of aryl methyl sites for hydroxylation is 1. The van der Waals surface area contributed by atoms with Gasteiger partial charge in [0.05, 0.1) is 4.75 Å². The van der Waals surface area contributed by atoms with Crippen molar-refractivity contribution in [1.82, 2.24) is 0 Å². The Morgan fingerprint density at radius 3 is 2.15 bits per heavy atom. The third kappa shape index (κ3) is 3.40. The Hall–Kier alpha value is -1.80. The number of sulfone groups is 1. The van der Waals surface area contributed by atoms with Crippen LogP contribution >= 0.6 is 0 Å². The van der Waals surface area contributed by atoms with Crippen molar-refractivity contribution in [2.24, 2.45) is 0 Å². The van der Waals surface area contributed by atoms with Crippen LogP contribution in [0.2, 0.25) is 0 Å². The molecule has 5 heteroatoms. The maximum atomic E-state index is 12.3. The highest BCUT2D eigenvalue weighted by Crippen LogP contribution is 2.24. The van der Waals surface area contributed by atoms with Gasteiger partial charge in [-0.3, -0.25) is 0 Å². The predicted molar refractivity (Wildman–Crippen MR) is 82.0 cm³/mol. The maximum absolute atomic E-state index is 12.3. The second-order valence-electron chi connectivity index (χ2n) is 5.67. The zero-order valence-corrected chi connectivity index (χ0v) is 13.3. The Balaban J connectivity index is 3.20. The van der Waals surface area contributed by atoms with Crippen molar-refractivity contribution in [2.45, 2.75) is 32.4 Å². The van der Waals surface area contributed by atoms with Crippen molar-refractivity contribution in [2.75, 3.05) is 11.9 Å². The molecule has 20 heavy (non-hydrogen) atoms. The molecule has 0 radical (unpaired) electrons. The van der Waals surface area contributed by atoms with E-state index in [9.17, 15) is 8.42 Å². The molecule has 0 spiro atoms. The lowest BCUT2D eigenvalue weighted by molar-refractivity contribution is 0.568. The standard InChI is InChI=1S/C15H20N2O2S/c1-12-6-8-13(9-7-12)17(5)11-14(10-16)20(18,19)15(2,3)4/h6-9,11H,1-5H3/b14-11+. The Labute approximate surface area is 121 Å². The van der Waals surface area contributed by atoms with Crippen molar-refractivity contribution in [3.05, 3.63) is 40.9 Å². The minimum absolute atomic E-state index is 0.229. The van der Waals surface area contributed by atoms with Crippen LogP contribution in [0.4, 0.5) is 5.69 Å². The first-order valence-corrected chi connectivity index (χ1v) is 7.74. The van der Waals surface area contributed by atoms with Crippen molar-refractivity contribution in [3.63, 3.8) is 0 Å². The highest BCUT2D eigenvalue weighted by atomic mass is 32.2. The maximum Gasteiger partial charge on any atom is 0.194 e. The van der Waals surface area contributed by atoms with E-state index in [0.717, 1.165) is 11.3 Å². The lowest BCUT2D eigenvalue weighted by Gasteiger charge is -2.20. The summed E-state index contributed by atoms with van der Waals surface area (Å²) in [5.41, 5.74) is 1.95. The second-order valence-corrected chi connectivity index (χ2v) is 8.34. The molecule has 0 aliphatic rings. The highest BCUT2D eigenvalue weighted by Gasteiger charge is 2.33. The van der Waals surface area contributed by atoms with Crippen LogP contribution in [0.25, 0.3) is 0 Å². The quantitative estimate of drug-likeness (QED) is 0.803. The number of hydrogen-bond acceptors (Lipinski definition) is 4. The predicted octanol–water partition coefficient (Wildman–Crippen LogP) is 3.01. The summed E-state index contributed by atoms with van der Waals surface area (Å²) in [5, 5.41) is 9.14. The molecular weight excluding hydrogens is 272 g/mol. The molecule has 0 fully saturated rings. The van der Waals surface area contributed by atoms with E-state index in [4.69, 9.17) is 5.26 Å². The Kier molecular flexibility index (Phi) is 4.61. The summed E-state index contributed by atoms with van der Waals surface area (Å²) in [4.78, 5) is 1.41. The molecule has 0 aliphatic carbocycles. The Bertz CT molecular complexity index is 645. The number of hydrogen-bond donors (Lipinski definition) is 0. The van der Waals surface area contributed by atoms with Gasteiger partial charge in [0.15, 0.2) is 14.7 Å². The Morgan fingerprint density at radius 2 is 1.75 bits per heavy atom. The van der Waals surface area contributed by atoms with E-state index in [-0.39, 0.29) is 4.91 Å². The largest absolute Gasteiger partial charge is 0.349 e. The third-order valence-electron chi connectivity index (χ3n) is 2.96. The smallest absolute Gasteiger partial charge is 0.194 e. The topological polar surface area (TPSA) is 61.2 Å². The molecule has 4 nitrogen and oxygen atoms in total. The molecular formula is C15H20N2O2S. The lowest BCUT2D eigenvalue weighted by Crippen LogP contribution is -2.29. The van der Waals surface area contributed by atoms with Crippen LogP contribution in [-0.4, -0.2) is 20.2 Å². The zero-order valence-electron chi connectivity index (χ0n) is 12.5. The summed E-state index contributed by atoms with van der Waals surface area (Å²) in [5.74, 6) is 0. The van der Waals surface area contributed by atoms with Gasteiger partial charge in [-0.25, -0.2) is 8.42 Å². The number of nitriles is 1. The van der Waals surface area contributed by atoms with Gasteiger partial charge in [0.1, 0.15) is 6.07 Å². The molecule has 0 saturated carbocycles. The van der Waals surface area contributed by atoms with Gasteiger partial charge in [-0.05, 0) is 39.8 Å². The minimum Gasteiger partial charge on any atom is -0.349 e. The van der Waals surface area contributed by atoms with Gasteiger partial charge in [0.2, 0.25) is 0 Å². The highest BCUT2D eigenvalue weighted by molar-refractivity contribution is 7.96. The second kappa shape index (κ2) is 5.68. The molecule has 0 bridgehead atoms. The van der Waals surface area contributed by atoms with Crippen LogP contribution in [0, 0.1) is 18.3 Å². The molecule has 0 heterocycles. The van der Waals surface area contributed by atoms with E-state index in [0.29, 0.717) is 0 Å². The normalized spacial score (nSPS) is 12.9. The molecule has 1 aromatic rings. The van der Waals surface area contributed by atoms with Crippen LogP contribution in [0.1, 0.15) is 26.3 Å². The van der Waals surface area contributed by atoms with E-state index >= 15 is 0 Å². The lowest BCUT2D eigenvalue weighted by atomic mass is 10.2. The molecule has 0 atom stereocenters. The minimum atomic E-state index is -3.64. The van der Waals surface area contributed by atoms with Gasteiger partial charge in [0, 0.05) is 18.9 Å². The van der Waals surface area contributed by atoms with Crippen LogP contribution in [-0.2, 0) is 9.84 Å². The molecule has 0 aliphatic heterocycles. The van der Waals surface area contributed by atoms with Gasteiger partial charge in [0.25, 0.3) is 0 Å². The monoisotopic (exact) mass is 292 g/mol. The van der Waals surface area contributed by atoms with Crippen LogP contribution < -0.4 is 4.90 Å². The molecule has 0 aromatic heterocycles. The van der Waals surface area contributed by atoms with E-state index in [2.05, 4.69) is 0 Å². The van der Waals surface area contributed by atoms with Crippen molar-refractivity contribution < 1.29 is 8.42 Å². The summed E-state index contributed by atoms with van der Waals surface area (Å²) in [6.45, 7) is 6.72. The van der Waals surface area contributed by atoms with Crippen molar-refractivity contribution in [3.8, 4) is 6.07 Å². The van der Waals surface area contributed by atoms with Gasteiger partial charge >= 0.3 is 0 Å². The first-order chi connectivity index (χ1) is 9.09. The Morgan fingerprint density at radius 1 is 1.25 bits per heavy atom. The number of benzene rings is 1. The molecule has 1 aromatic carbocycles. The fraction of sp³-hybridized carbons (Fsp3) is 0.400. The fourth-order valence-electron chi connectivity index (χ4n) is 1.52. The summed E-state index contributed by atoms with van der Waals surface area (Å²) in [6.07, 6.45) is 1.37. The molecule has 0 unspecified atom stereocenters. The van der Waals surface area contributed by atoms with Crippen LogP contribution in [0.15, 0.2) is 35.4 Å². The van der Waals surface area contributed by atoms with E-state index in [1.54, 1.807) is 38.8 Å².